The van der Waals surface area contributed by atoms with Crippen LogP contribution < -0.4 is 5.32 Å². The summed E-state index contributed by atoms with van der Waals surface area (Å²) in [4.78, 5) is 10.9. The molecular weight excluding hydrogens is 276 g/mol. The molecule has 110 valence electrons. The van der Waals surface area contributed by atoms with E-state index in [4.69, 9.17) is 4.52 Å². The Labute approximate surface area is 128 Å². The van der Waals surface area contributed by atoms with Crippen molar-refractivity contribution < 1.29 is 9.32 Å². The lowest BCUT2D eigenvalue weighted by Crippen LogP contribution is -2.18. The maximum Gasteiger partial charge on any atom is 0.217 e. The standard InChI is InChI=1S/C18H16N2O2/c1-13(21)19-12-14-7-9-15(10-8-14)17-11-18(22-20-17)16-5-3-2-4-6-16/h2-11H,12H2,1H3,(H,19,21). The molecule has 0 radical (unpaired) electrons. The molecule has 1 N–H and O–H groups in total. The topological polar surface area (TPSA) is 55.1 Å². The van der Waals surface area contributed by atoms with Crippen molar-refractivity contribution in [2.75, 3.05) is 0 Å². The molecule has 0 aliphatic rings. The van der Waals surface area contributed by atoms with Crippen LogP contribution in [-0.4, -0.2) is 11.1 Å². The van der Waals surface area contributed by atoms with E-state index in [9.17, 15) is 4.79 Å². The summed E-state index contributed by atoms with van der Waals surface area (Å²) < 4.78 is 5.41. The van der Waals surface area contributed by atoms with Crippen LogP contribution >= 0.6 is 0 Å². The monoisotopic (exact) mass is 292 g/mol. The van der Waals surface area contributed by atoms with Gasteiger partial charge in [-0.05, 0) is 5.56 Å². The first-order valence-corrected chi connectivity index (χ1v) is 7.08. The molecule has 0 saturated carbocycles. The minimum atomic E-state index is -0.0342. The Morgan fingerprint density at radius 1 is 1.05 bits per heavy atom. The van der Waals surface area contributed by atoms with Crippen molar-refractivity contribution in [2.45, 2.75) is 13.5 Å². The Morgan fingerprint density at radius 2 is 1.77 bits per heavy atom. The van der Waals surface area contributed by atoms with Crippen LogP contribution in [-0.2, 0) is 11.3 Å². The van der Waals surface area contributed by atoms with E-state index in [1.807, 2.05) is 60.7 Å². The van der Waals surface area contributed by atoms with Gasteiger partial charge in [0.1, 0.15) is 5.69 Å². The molecule has 22 heavy (non-hydrogen) atoms. The molecule has 0 saturated heterocycles. The van der Waals surface area contributed by atoms with Gasteiger partial charge in [0, 0.05) is 30.7 Å². The molecule has 3 aromatic rings. The Kier molecular flexibility index (Phi) is 4.01. The van der Waals surface area contributed by atoms with E-state index < -0.39 is 0 Å². The zero-order valence-corrected chi connectivity index (χ0v) is 12.2. The minimum absolute atomic E-state index is 0.0342. The SMILES string of the molecule is CC(=O)NCc1ccc(-c2cc(-c3ccccc3)on2)cc1. The van der Waals surface area contributed by atoms with Crippen LogP contribution in [0.5, 0.6) is 0 Å². The van der Waals surface area contributed by atoms with Crippen LogP contribution in [0.2, 0.25) is 0 Å². The molecule has 1 amide bonds. The largest absolute Gasteiger partial charge is 0.356 e. The van der Waals surface area contributed by atoms with Crippen LogP contribution in [0.4, 0.5) is 0 Å². The van der Waals surface area contributed by atoms with E-state index in [1.54, 1.807) is 0 Å². The van der Waals surface area contributed by atoms with Crippen molar-refractivity contribution in [3.63, 3.8) is 0 Å². The number of nitrogens with zero attached hydrogens (tertiary/aromatic N) is 1. The molecule has 4 heteroatoms. The number of carbonyl (C=O) groups is 1. The van der Waals surface area contributed by atoms with Gasteiger partial charge in [0.15, 0.2) is 5.76 Å². The lowest BCUT2D eigenvalue weighted by atomic mass is 10.1. The maximum absolute atomic E-state index is 10.9. The number of hydrogen-bond donors (Lipinski definition) is 1. The van der Waals surface area contributed by atoms with Gasteiger partial charge in [-0.15, -0.1) is 0 Å². The highest BCUT2D eigenvalue weighted by atomic mass is 16.5. The van der Waals surface area contributed by atoms with Gasteiger partial charge in [-0.3, -0.25) is 4.79 Å². The van der Waals surface area contributed by atoms with Gasteiger partial charge in [0.05, 0.1) is 0 Å². The third kappa shape index (κ3) is 3.23. The fourth-order valence-electron chi connectivity index (χ4n) is 2.17. The second-order valence-electron chi connectivity index (χ2n) is 5.05. The normalized spacial score (nSPS) is 10.4. The average molecular weight is 292 g/mol. The molecule has 0 aliphatic carbocycles. The fraction of sp³-hybridized carbons (Fsp3) is 0.111. The molecule has 3 rings (SSSR count). The smallest absolute Gasteiger partial charge is 0.217 e. The van der Waals surface area contributed by atoms with Crippen molar-refractivity contribution in [3.8, 4) is 22.6 Å². The van der Waals surface area contributed by atoms with Crippen molar-refractivity contribution in [1.82, 2.24) is 10.5 Å². The van der Waals surface area contributed by atoms with Gasteiger partial charge < -0.3 is 9.84 Å². The quantitative estimate of drug-likeness (QED) is 0.798. The van der Waals surface area contributed by atoms with Gasteiger partial charge >= 0.3 is 0 Å². The van der Waals surface area contributed by atoms with Gasteiger partial charge in [-0.25, -0.2) is 0 Å². The van der Waals surface area contributed by atoms with Crippen LogP contribution in [0.25, 0.3) is 22.6 Å². The first-order chi connectivity index (χ1) is 10.7. The zero-order chi connectivity index (χ0) is 15.4. The summed E-state index contributed by atoms with van der Waals surface area (Å²) in [7, 11) is 0. The van der Waals surface area contributed by atoms with Gasteiger partial charge in [-0.2, -0.15) is 0 Å². The van der Waals surface area contributed by atoms with Crippen molar-refractivity contribution in [1.29, 1.82) is 0 Å². The van der Waals surface area contributed by atoms with E-state index in [2.05, 4.69) is 10.5 Å². The Hall–Kier alpha value is -2.88. The summed E-state index contributed by atoms with van der Waals surface area (Å²) >= 11 is 0. The summed E-state index contributed by atoms with van der Waals surface area (Å²) in [6.07, 6.45) is 0. The molecule has 0 aliphatic heterocycles. The average Bonchev–Trinajstić information content (AvgIpc) is 3.04. The molecule has 1 heterocycles. The Bertz CT molecular complexity index is 761. The molecule has 0 atom stereocenters. The van der Waals surface area contributed by atoms with Crippen LogP contribution in [0, 0.1) is 0 Å². The summed E-state index contributed by atoms with van der Waals surface area (Å²) in [6.45, 7) is 2.04. The van der Waals surface area contributed by atoms with Gasteiger partial charge in [0.2, 0.25) is 5.91 Å². The molecule has 2 aromatic carbocycles. The minimum Gasteiger partial charge on any atom is -0.356 e. The molecule has 4 nitrogen and oxygen atoms in total. The first-order valence-electron chi connectivity index (χ1n) is 7.08. The van der Waals surface area contributed by atoms with Gasteiger partial charge in [-0.1, -0.05) is 59.8 Å². The number of amides is 1. The summed E-state index contributed by atoms with van der Waals surface area (Å²) in [5, 5.41) is 6.90. The molecule has 0 unspecified atom stereocenters. The number of nitrogens with one attached hydrogen (secondary N) is 1. The number of benzene rings is 2. The predicted octanol–water partition coefficient (Wildman–Crippen LogP) is 3.64. The first kappa shape index (κ1) is 14.1. The van der Waals surface area contributed by atoms with E-state index >= 15 is 0 Å². The van der Waals surface area contributed by atoms with Crippen LogP contribution in [0.3, 0.4) is 0 Å². The molecule has 0 spiro atoms. The lowest BCUT2D eigenvalue weighted by molar-refractivity contribution is -0.119. The van der Waals surface area contributed by atoms with E-state index in [0.29, 0.717) is 6.54 Å². The van der Waals surface area contributed by atoms with Gasteiger partial charge in [0.25, 0.3) is 0 Å². The highest BCUT2D eigenvalue weighted by Crippen LogP contribution is 2.25. The number of carbonyl (C=O) groups excluding carboxylic acids is 1. The molecular formula is C18H16N2O2. The molecule has 0 fully saturated rings. The highest BCUT2D eigenvalue weighted by Gasteiger charge is 2.08. The van der Waals surface area contributed by atoms with E-state index in [1.165, 1.54) is 6.92 Å². The lowest BCUT2D eigenvalue weighted by Gasteiger charge is -2.03. The highest BCUT2D eigenvalue weighted by molar-refractivity contribution is 5.73. The fourth-order valence-corrected chi connectivity index (χ4v) is 2.17. The summed E-state index contributed by atoms with van der Waals surface area (Å²) in [6, 6.07) is 19.7. The van der Waals surface area contributed by atoms with Crippen LogP contribution in [0.15, 0.2) is 65.2 Å². The Balaban J connectivity index is 1.77. The van der Waals surface area contributed by atoms with Crippen molar-refractivity contribution >= 4 is 5.91 Å². The van der Waals surface area contributed by atoms with E-state index in [0.717, 1.165) is 28.1 Å². The maximum atomic E-state index is 10.9. The number of hydrogen-bond acceptors (Lipinski definition) is 3. The molecule has 1 aromatic heterocycles. The number of aromatic nitrogens is 1. The zero-order valence-electron chi connectivity index (χ0n) is 12.2. The second-order valence-corrected chi connectivity index (χ2v) is 5.05. The summed E-state index contributed by atoms with van der Waals surface area (Å²) in [5.41, 5.74) is 3.83. The van der Waals surface area contributed by atoms with Crippen molar-refractivity contribution in [2.24, 2.45) is 0 Å². The summed E-state index contributed by atoms with van der Waals surface area (Å²) in [5.74, 6) is 0.714. The second kappa shape index (κ2) is 6.26. The van der Waals surface area contributed by atoms with Crippen LogP contribution in [0.1, 0.15) is 12.5 Å². The third-order valence-corrected chi connectivity index (χ3v) is 3.36. The Morgan fingerprint density at radius 3 is 2.45 bits per heavy atom. The predicted molar refractivity (Wildman–Crippen MR) is 84.9 cm³/mol. The van der Waals surface area contributed by atoms with E-state index in [-0.39, 0.29) is 5.91 Å². The third-order valence-electron chi connectivity index (χ3n) is 3.36. The number of rotatable bonds is 4. The van der Waals surface area contributed by atoms with Crippen molar-refractivity contribution in [3.05, 3.63) is 66.2 Å². The molecule has 0 bridgehead atoms.